The Kier molecular flexibility index (Phi) is 7.42. The molecule has 0 aliphatic heterocycles. The average molecular weight is 486 g/mol. The van der Waals surface area contributed by atoms with Gasteiger partial charge in [-0.2, -0.15) is 18.3 Å². The summed E-state index contributed by atoms with van der Waals surface area (Å²) in [7, 11) is 0. The van der Waals surface area contributed by atoms with Crippen molar-refractivity contribution in [3.8, 4) is 5.69 Å². The van der Waals surface area contributed by atoms with Crippen molar-refractivity contribution in [3.63, 3.8) is 0 Å². The molecule has 0 aliphatic rings. The smallest absolute Gasteiger partial charge is 0.352 e. The number of benzene rings is 2. The highest BCUT2D eigenvalue weighted by atomic mass is 19.4. The lowest BCUT2D eigenvalue weighted by Gasteiger charge is -2.17. The van der Waals surface area contributed by atoms with Gasteiger partial charge in [0.2, 0.25) is 5.43 Å². The number of hydrogen-bond acceptors (Lipinski definition) is 4. The molecule has 0 saturated heterocycles. The molecule has 0 aliphatic carbocycles. The molecular weight excluding hydrogens is 461 g/mol. The van der Waals surface area contributed by atoms with Gasteiger partial charge < -0.3 is 10.6 Å². The predicted octanol–water partition coefficient (Wildman–Crippen LogP) is 4.51. The van der Waals surface area contributed by atoms with Gasteiger partial charge in [-0.3, -0.25) is 14.4 Å². The molecular formula is C25H25F3N4O3. The van der Waals surface area contributed by atoms with Crippen molar-refractivity contribution >= 4 is 17.5 Å². The van der Waals surface area contributed by atoms with Gasteiger partial charge in [-0.1, -0.05) is 26.0 Å². The quantitative estimate of drug-likeness (QED) is 0.536. The van der Waals surface area contributed by atoms with Crippen molar-refractivity contribution in [2.45, 2.75) is 33.9 Å². The van der Waals surface area contributed by atoms with E-state index in [2.05, 4.69) is 15.7 Å². The molecule has 2 amide bonds. The number of anilines is 1. The standard InChI is InChI=1S/C25H25F3N4O3/c1-14(2)13-29-23(34)17-9-10-19(15(3)11-17)30-24(35)22-21(33)12-16(4)32(31-22)20-8-6-5-7-18(20)25(26,27)28/h5-12,14H,13H2,1-4H3,(H,29,34)(H,30,35). The second kappa shape index (κ2) is 10.1. The van der Waals surface area contributed by atoms with E-state index in [9.17, 15) is 27.6 Å². The molecule has 3 rings (SSSR count). The van der Waals surface area contributed by atoms with Gasteiger partial charge in [0.15, 0.2) is 5.69 Å². The van der Waals surface area contributed by atoms with Gasteiger partial charge in [0.1, 0.15) is 0 Å². The van der Waals surface area contributed by atoms with E-state index in [0.29, 0.717) is 23.4 Å². The van der Waals surface area contributed by atoms with Crippen LogP contribution in [0.15, 0.2) is 53.3 Å². The number of nitrogens with zero attached hydrogens (tertiary/aromatic N) is 2. The van der Waals surface area contributed by atoms with Crippen molar-refractivity contribution in [2.24, 2.45) is 5.92 Å². The van der Waals surface area contributed by atoms with E-state index in [0.717, 1.165) is 16.8 Å². The van der Waals surface area contributed by atoms with Gasteiger partial charge in [0.05, 0.1) is 11.3 Å². The fourth-order valence-electron chi connectivity index (χ4n) is 3.37. The molecule has 10 heteroatoms. The Morgan fingerprint density at radius 2 is 1.71 bits per heavy atom. The summed E-state index contributed by atoms with van der Waals surface area (Å²) >= 11 is 0. The summed E-state index contributed by atoms with van der Waals surface area (Å²) in [6, 6.07) is 10.5. The van der Waals surface area contributed by atoms with Gasteiger partial charge in [-0.25, -0.2) is 4.68 Å². The Morgan fingerprint density at radius 3 is 2.34 bits per heavy atom. The number of aromatic nitrogens is 2. The van der Waals surface area contributed by atoms with E-state index in [1.54, 1.807) is 13.0 Å². The molecule has 0 atom stereocenters. The third-order valence-electron chi connectivity index (χ3n) is 5.17. The molecule has 0 bridgehead atoms. The molecule has 184 valence electrons. The van der Waals surface area contributed by atoms with Crippen LogP contribution in [0.3, 0.4) is 0 Å². The Balaban J connectivity index is 1.92. The largest absolute Gasteiger partial charge is 0.418 e. The number of rotatable bonds is 6. The molecule has 2 aromatic carbocycles. The molecule has 0 fully saturated rings. The van der Waals surface area contributed by atoms with Crippen LogP contribution in [0.2, 0.25) is 0 Å². The number of aryl methyl sites for hydroxylation is 2. The van der Waals surface area contributed by atoms with Crippen molar-refractivity contribution in [3.05, 3.63) is 86.8 Å². The molecule has 35 heavy (non-hydrogen) atoms. The first kappa shape index (κ1) is 25.7. The monoisotopic (exact) mass is 486 g/mol. The van der Waals surface area contributed by atoms with Gasteiger partial charge >= 0.3 is 6.18 Å². The molecule has 2 N–H and O–H groups in total. The van der Waals surface area contributed by atoms with E-state index in [4.69, 9.17) is 0 Å². The maximum atomic E-state index is 13.5. The Labute approximate surface area is 200 Å². The number of alkyl halides is 3. The highest BCUT2D eigenvalue weighted by Gasteiger charge is 2.34. The topological polar surface area (TPSA) is 93.1 Å². The summed E-state index contributed by atoms with van der Waals surface area (Å²) in [5, 5.41) is 9.32. The van der Waals surface area contributed by atoms with Crippen molar-refractivity contribution < 1.29 is 22.8 Å². The van der Waals surface area contributed by atoms with E-state index in [1.807, 2.05) is 13.8 Å². The Hall–Kier alpha value is -3.95. The predicted molar refractivity (Wildman–Crippen MR) is 126 cm³/mol. The molecule has 3 aromatic rings. The summed E-state index contributed by atoms with van der Waals surface area (Å²) in [5.74, 6) is -0.854. The van der Waals surface area contributed by atoms with Crippen LogP contribution in [0.25, 0.3) is 5.69 Å². The molecule has 0 radical (unpaired) electrons. The van der Waals surface area contributed by atoms with Crippen LogP contribution in [0, 0.1) is 19.8 Å². The van der Waals surface area contributed by atoms with E-state index in [-0.39, 0.29) is 23.2 Å². The van der Waals surface area contributed by atoms with Gasteiger partial charge in [0.25, 0.3) is 11.8 Å². The summed E-state index contributed by atoms with van der Waals surface area (Å²) < 4.78 is 41.4. The highest BCUT2D eigenvalue weighted by molar-refractivity contribution is 6.03. The number of carbonyl (C=O) groups excluding carboxylic acids is 2. The van der Waals surface area contributed by atoms with Gasteiger partial charge in [0, 0.05) is 29.6 Å². The first-order valence-corrected chi connectivity index (χ1v) is 10.9. The Morgan fingerprint density at radius 1 is 1.03 bits per heavy atom. The number of halogens is 3. The average Bonchev–Trinajstić information content (AvgIpc) is 2.78. The molecule has 0 unspecified atom stereocenters. The molecule has 1 aromatic heterocycles. The first-order chi connectivity index (χ1) is 16.4. The Bertz CT molecular complexity index is 1330. The SMILES string of the molecule is Cc1cc(C(=O)NCC(C)C)ccc1NC(=O)c1nn(-c2ccccc2C(F)(F)F)c(C)cc1=O. The van der Waals surface area contributed by atoms with E-state index < -0.39 is 28.8 Å². The number of hydrogen-bond donors (Lipinski definition) is 2. The maximum Gasteiger partial charge on any atom is 0.418 e. The second-order valence-corrected chi connectivity index (χ2v) is 8.51. The minimum absolute atomic E-state index is 0.135. The van der Waals surface area contributed by atoms with Gasteiger partial charge in [-0.15, -0.1) is 0 Å². The minimum atomic E-state index is -4.66. The van der Waals surface area contributed by atoms with Crippen molar-refractivity contribution in [1.29, 1.82) is 0 Å². The van der Waals surface area contributed by atoms with Crippen molar-refractivity contribution in [2.75, 3.05) is 11.9 Å². The zero-order valence-electron chi connectivity index (χ0n) is 19.7. The lowest BCUT2D eigenvalue weighted by Crippen LogP contribution is -2.28. The van der Waals surface area contributed by atoms with Gasteiger partial charge in [-0.05, 0) is 55.7 Å². The van der Waals surface area contributed by atoms with Crippen molar-refractivity contribution in [1.82, 2.24) is 15.1 Å². The lowest BCUT2D eigenvalue weighted by atomic mass is 10.1. The van der Waals surface area contributed by atoms with Crippen LogP contribution >= 0.6 is 0 Å². The zero-order chi connectivity index (χ0) is 25.9. The molecule has 0 spiro atoms. The summed E-state index contributed by atoms with van der Waals surface area (Å²) in [6.07, 6.45) is -4.66. The molecule has 0 saturated carbocycles. The summed E-state index contributed by atoms with van der Waals surface area (Å²) in [4.78, 5) is 37.6. The summed E-state index contributed by atoms with van der Waals surface area (Å²) in [6.45, 7) is 7.56. The lowest BCUT2D eigenvalue weighted by molar-refractivity contribution is -0.137. The highest BCUT2D eigenvalue weighted by Crippen LogP contribution is 2.33. The van der Waals surface area contributed by atoms with Crippen LogP contribution in [-0.4, -0.2) is 28.1 Å². The van der Waals surface area contributed by atoms with E-state index >= 15 is 0 Å². The fourth-order valence-corrected chi connectivity index (χ4v) is 3.37. The number of amides is 2. The third-order valence-corrected chi connectivity index (χ3v) is 5.17. The normalized spacial score (nSPS) is 11.4. The zero-order valence-corrected chi connectivity index (χ0v) is 19.7. The van der Waals surface area contributed by atoms with Crippen LogP contribution in [0.5, 0.6) is 0 Å². The fraction of sp³-hybridized carbons (Fsp3) is 0.280. The minimum Gasteiger partial charge on any atom is -0.352 e. The van der Waals surface area contributed by atoms with E-state index in [1.165, 1.54) is 37.3 Å². The van der Waals surface area contributed by atoms with Crippen LogP contribution in [-0.2, 0) is 6.18 Å². The number of nitrogens with one attached hydrogen (secondary N) is 2. The maximum absolute atomic E-state index is 13.5. The van der Waals surface area contributed by atoms with Crippen LogP contribution < -0.4 is 16.1 Å². The molecule has 7 nitrogen and oxygen atoms in total. The van der Waals surface area contributed by atoms with Crippen LogP contribution in [0.1, 0.15) is 51.5 Å². The number of carbonyl (C=O) groups is 2. The summed E-state index contributed by atoms with van der Waals surface area (Å²) in [5.41, 5.74) is -1.12. The molecule has 1 heterocycles. The third kappa shape index (κ3) is 5.95. The second-order valence-electron chi connectivity index (χ2n) is 8.51. The van der Waals surface area contributed by atoms with Crippen LogP contribution in [0.4, 0.5) is 18.9 Å². The number of para-hydroxylation sites is 1. The first-order valence-electron chi connectivity index (χ1n) is 10.9.